The highest BCUT2D eigenvalue weighted by Gasteiger charge is 2.46. The molecule has 1 rings (SSSR count). The summed E-state index contributed by atoms with van der Waals surface area (Å²) in [6.07, 6.45) is 0.551. The van der Waals surface area contributed by atoms with Gasteiger partial charge in [-0.2, -0.15) is 5.26 Å². The van der Waals surface area contributed by atoms with Crippen LogP contribution in [0.1, 0.15) is 27.2 Å². The molecule has 0 aliphatic carbocycles. The van der Waals surface area contributed by atoms with Gasteiger partial charge in [0.1, 0.15) is 5.54 Å². The molecule has 0 saturated carbocycles. The largest absolute Gasteiger partial charge is 0.325 e. The number of nitriles is 1. The Labute approximate surface area is 89.0 Å². The van der Waals surface area contributed by atoms with E-state index in [9.17, 15) is 9.59 Å². The molecule has 2 atom stereocenters. The van der Waals surface area contributed by atoms with E-state index < -0.39 is 11.6 Å². The van der Waals surface area contributed by atoms with Crippen LogP contribution in [0, 0.1) is 17.2 Å². The van der Waals surface area contributed by atoms with Crippen LogP contribution in [-0.4, -0.2) is 28.9 Å². The second-order valence-corrected chi connectivity index (χ2v) is 4.06. The fourth-order valence-corrected chi connectivity index (χ4v) is 1.47. The lowest BCUT2D eigenvalue weighted by Crippen LogP contribution is -2.43. The maximum Gasteiger partial charge on any atom is 0.325 e. The van der Waals surface area contributed by atoms with E-state index in [4.69, 9.17) is 5.26 Å². The molecule has 1 N–H and O–H groups in total. The molecule has 0 aromatic carbocycles. The van der Waals surface area contributed by atoms with E-state index in [-0.39, 0.29) is 18.4 Å². The number of amides is 3. The highest BCUT2D eigenvalue weighted by atomic mass is 16.2. The fraction of sp³-hybridized carbons (Fsp3) is 0.700. The molecule has 5 nitrogen and oxygen atoms in total. The van der Waals surface area contributed by atoms with E-state index in [0.29, 0.717) is 6.42 Å². The van der Waals surface area contributed by atoms with Gasteiger partial charge >= 0.3 is 6.03 Å². The Hall–Kier alpha value is -1.57. The molecule has 0 aromatic heterocycles. The molecule has 2 unspecified atom stereocenters. The molecule has 0 bridgehead atoms. The van der Waals surface area contributed by atoms with Crippen LogP contribution in [-0.2, 0) is 4.79 Å². The van der Waals surface area contributed by atoms with Crippen LogP contribution in [0.15, 0.2) is 0 Å². The number of rotatable bonds is 3. The number of hydrogen-bond donors (Lipinski definition) is 1. The van der Waals surface area contributed by atoms with Crippen molar-refractivity contribution in [2.45, 2.75) is 32.7 Å². The maximum atomic E-state index is 11.9. The molecule has 15 heavy (non-hydrogen) atoms. The summed E-state index contributed by atoms with van der Waals surface area (Å²) in [6, 6.07) is 1.61. The summed E-state index contributed by atoms with van der Waals surface area (Å²) in [4.78, 5) is 24.5. The van der Waals surface area contributed by atoms with E-state index in [1.165, 1.54) is 0 Å². The first-order valence-corrected chi connectivity index (χ1v) is 4.98. The van der Waals surface area contributed by atoms with Crippen molar-refractivity contribution in [1.29, 1.82) is 5.26 Å². The summed E-state index contributed by atoms with van der Waals surface area (Å²) in [6.45, 7) is 5.39. The first kappa shape index (κ1) is 11.5. The second-order valence-electron chi connectivity index (χ2n) is 4.06. The second kappa shape index (κ2) is 3.89. The summed E-state index contributed by atoms with van der Waals surface area (Å²) in [5.41, 5.74) is -0.799. The molecular formula is C10H15N3O2. The molecule has 1 saturated heterocycles. The molecule has 0 aromatic rings. The van der Waals surface area contributed by atoms with Gasteiger partial charge in [0.25, 0.3) is 5.91 Å². The van der Waals surface area contributed by atoms with Crippen molar-refractivity contribution < 1.29 is 9.59 Å². The van der Waals surface area contributed by atoms with E-state index in [1.807, 2.05) is 13.0 Å². The zero-order chi connectivity index (χ0) is 11.6. The van der Waals surface area contributed by atoms with E-state index in [0.717, 1.165) is 4.90 Å². The van der Waals surface area contributed by atoms with Gasteiger partial charge in [0.15, 0.2) is 0 Å². The highest BCUT2D eigenvalue weighted by Crippen LogP contribution is 2.21. The van der Waals surface area contributed by atoms with Crippen molar-refractivity contribution in [3.8, 4) is 6.07 Å². The predicted octanol–water partition coefficient (Wildman–Crippen LogP) is 0.867. The van der Waals surface area contributed by atoms with Crippen molar-refractivity contribution in [3.63, 3.8) is 0 Å². The summed E-state index contributed by atoms with van der Waals surface area (Å²) in [5, 5.41) is 11.3. The molecule has 5 heteroatoms. The average molecular weight is 209 g/mol. The first-order chi connectivity index (χ1) is 6.94. The van der Waals surface area contributed by atoms with Gasteiger partial charge in [0.05, 0.1) is 12.0 Å². The van der Waals surface area contributed by atoms with Crippen LogP contribution in [0.3, 0.4) is 0 Å². The van der Waals surface area contributed by atoms with Gasteiger partial charge in [-0.1, -0.05) is 6.92 Å². The third-order valence-electron chi connectivity index (χ3n) is 2.73. The lowest BCUT2D eigenvalue weighted by molar-refractivity contribution is -0.131. The van der Waals surface area contributed by atoms with Crippen LogP contribution >= 0.6 is 0 Å². The Bertz CT molecular complexity index is 334. The van der Waals surface area contributed by atoms with Gasteiger partial charge in [-0.3, -0.25) is 9.69 Å². The van der Waals surface area contributed by atoms with Gasteiger partial charge in [-0.05, 0) is 20.3 Å². The zero-order valence-corrected chi connectivity index (χ0v) is 9.20. The highest BCUT2D eigenvalue weighted by molar-refractivity contribution is 6.06. The molecule has 1 fully saturated rings. The lowest BCUT2D eigenvalue weighted by Gasteiger charge is -2.19. The normalized spacial score (nSPS) is 27.5. The number of nitrogens with one attached hydrogen (secondary N) is 1. The Morgan fingerprint density at radius 3 is 2.60 bits per heavy atom. The Kier molecular flexibility index (Phi) is 2.98. The fourth-order valence-electron chi connectivity index (χ4n) is 1.47. The third-order valence-corrected chi connectivity index (χ3v) is 2.73. The van der Waals surface area contributed by atoms with Crippen molar-refractivity contribution in [1.82, 2.24) is 10.2 Å². The van der Waals surface area contributed by atoms with Gasteiger partial charge in [0.2, 0.25) is 0 Å². The van der Waals surface area contributed by atoms with Crippen LogP contribution in [0.25, 0.3) is 0 Å². The SMILES string of the molecule is CCC1(C)NC(=O)N(CC(C)C#N)C1=O. The van der Waals surface area contributed by atoms with Gasteiger partial charge in [-0.25, -0.2) is 4.79 Å². The molecule has 1 heterocycles. The van der Waals surface area contributed by atoms with Gasteiger partial charge in [0, 0.05) is 6.54 Å². The third kappa shape index (κ3) is 1.94. The van der Waals surface area contributed by atoms with E-state index in [2.05, 4.69) is 5.32 Å². The average Bonchev–Trinajstić information content (AvgIpc) is 2.42. The molecule has 0 radical (unpaired) electrons. The van der Waals surface area contributed by atoms with E-state index >= 15 is 0 Å². The minimum absolute atomic E-state index is 0.163. The van der Waals surface area contributed by atoms with E-state index in [1.54, 1.807) is 13.8 Å². The number of urea groups is 1. The maximum absolute atomic E-state index is 11.9. The number of carbonyl (C=O) groups is 2. The molecule has 3 amide bonds. The quantitative estimate of drug-likeness (QED) is 0.701. The minimum atomic E-state index is -0.799. The summed E-state index contributed by atoms with van der Waals surface area (Å²) in [7, 11) is 0. The number of nitrogens with zero attached hydrogens (tertiary/aromatic N) is 2. The molecule has 0 spiro atoms. The molecule has 1 aliphatic heterocycles. The Balaban J connectivity index is 2.81. The number of hydrogen-bond acceptors (Lipinski definition) is 3. The lowest BCUT2D eigenvalue weighted by atomic mass is 9.99. The topological polar surface area (TPSA) is 73.2 Å². The molecular weight excluding hydrogens is 194 g/mol. The Morgan fingerprint density at radius 1 is 1.60 bits per heavy atom. The predicted molar refractivity (Wildman–Crippen MR) is 53.7 cm³/mol. The first-order valence-electron chi connectivity index (χ1n) is 4.98. The molecule has 1 aliphatic rings. The smallest absolute Gasteiger partial charge is 0.323 e. The number of carbonyl (C=O) groups excluding carboxylic acids is 2. The van der Waals surface area contributed by atoms with Crippen LogP contribution in [0.5, 0.6) is 0 Å². The van der Waals surface area contributed by atoms with Crippen molar-refractivity contribution >= 4 is 11.9 Å². The number of imide groups is 1. The van der Waals surface area contributed by atoms with Crippen LogP contribution < -0.4 is 5.32 Å². The standard InChI is InChI=1S/C10H15N3O2/c1-4-10(3)8(14)13(9(15)12-10)6-7(2)5-11/h7H,4,6H2,1-3H3,(H,12,15). The van der Waals surface area contributed by atoms with Crippen molar-refractivity contribution in [2.24, 2.45) is 5.92 Å². The monoisotopic (exact) mass is 209 g/mol. The van der Waals surface area contributed by atoms with Crippen molar-refractivity contribution in [3.05, 3.63) is 0 Å². The van der Waals surface area contributed by atoms with Crippen LogP contribution in [0.4, 0.5) is 4.79 Å². The van der Waals surface area contributed by atoms with Crippen LogP contribution in [0.2, 0.25) is 0 Å². The minimum Gasteiger partial charge on any atom is -0.323 e. The zero-order valence-electron chi connectivity index (χ0n) is 9.20. The van der Waals surface area contributed by atoms with Crippen molar-refractivity contribution in [2.75, 3.05) is 6.54 Å². The molecule has 82 valence electrons. The summed E-state index contributed by atoms with van der Waals surface area (Å²) in [5.74, 6) is -0.573. The van der Waals surface area contributed by atoms with Gasteiger partial charge in [-0.15, -0.1) is 0 Å². The van der Waals surface area contributed by atoms with Gasteiger partial charge < -0.3 is 5.32 Å². The summed E-state index contributed by atoms with van der Waals surface area (Å²) < 4.78 is 0. The summed E-state index contributed by atoms with van der Waals surface area (Å²) >= 11 is 0. The Morgan fingerprint density at radius 2 is 2.20 bits per heavy atom.